The molecule has 0 rings (SSSR count). The number of carbonyl (C=O) groups is 2. The van der Waals surface area contributed by atoms with Crippen molar-refractivity contribution in [1.82, 2.24) is 0 Å². The summed E-state index contributed by atoms with van der Waals surface area (Å²) in [6.45, 7) is 4.81. The van der Waals surface area contributed by atoms with Gasteiger partial charge in [-0.15, -0.1) is 0 Å². The van der Waals surface area contributed by atoms with Gasteiger partial charge in [0.1, 0.15) is 5.60 Å². The van der Waals surface area contributed by atoms with E-state index in [1.807, 2.05) is 0 Å². The van der Waals surface area contributed by atoms with Crippen LogP contribution in [0.5, 0.6) is 0 Å². The molecule has 0 aromatic carbocycles. The first-order chi connectivity index (χ1) is 6.26. The standard InChI is InChI=1S/C8H13O6/c1-8(2,3)13-7(11)5(14-12)4-6(9)10/h5H,4H2,1-3H3,(H,9,10). The minimum Gasteiger partial charge on any atom is -0.481 e. The Bertz CT molecular complexity index is 216. The molecule has 0 aliphatic carbocycles. The van der Waals surface area contributed by atoms with E-state index in [4.69, 9.17) is 9.84 Å². The Morgan fingerprint density at radius 2 is 1.86 bits per heavy atom. The molecule has 0 bridgehead atoms. The molecular weight excluding hydrogens is 192 g/mol. The SMILES string of the molecule is CC(C)(C)OC(=O)C(CC(=O)O)O[O]. The highest BCUT2D eigenvalue weighted by Gasteiger charge is 2.28. The summed E-state index contributed by atoms with van der Waals surface area (Å²) < 4.78 is 4.76. The fourth-order valence-electron chi connectivity index (χ4n) is 0.683. The van der Waals surface area contributed by atoms with E-state index in [2.05, 4.69) is 4.89 Å². The summed E-state index contributed by atoms with van der Waals surface area (Å²) in [5.41, 5.74) is -0.771. The van der Waals surface area contributed by atoms with Gasteiger partial charge in [0.25, 0.3) is 0 Å². The lowest BCUT2D eigenvalue weighted by Gasteiger charge is -2.21. The Hall–Kier alpha value is -1.14. The summed E-state index contributed by atoms with van der Waals surface area (Å²) >= 11 is 0. The molecule has 1 N–H and O–H groups in total. The zero-order valence-electron chi connectivity index (χ0n) is 8.27. The van der Waals surface area contributed by atoms with Crippen LogP contribution in [0.25, 0.3) is 0 Å². The Balaban J connectivity index is 4.25. The first kappa shape index (κ1) is 12.9. The predicted molar refractivity (Wildman–Crippen MR) is 43.7 cm³/mol. The number of carboxylic acids is 1. The number of hydrogen-bond acceptors (Lipinski definition) is 4. The molecule has 0 fully saturated rings. The summed E-state index contributed by atoms with van der Waals surface area (Å²) in [5.74, 6) is -2.26. The summed E-state index contributed by atoms with van der Waals surface area (Å²) in [5, 5.41) is 18.4. The molecule has 0 aromatic heterocycles. The van der Waals surface area contributed by atoms with Crippen molar-refractivity contribution in [2.75, 3.05) is 0 Å². The smallest absolute Gasteiger partial charge is 0.339 e. The molecule has 6 nitrogen and oxygen atoms in total. The van der Waals surface area contributed by atoms with Crippen molar-refractivity contribution in [2.24, 2.45) is 0 Å². The van der Waals surface area contributed by atoms with Crippen molar-refractivity contribution in [3.63, 3.8) is 0 Å². The second-order valence-electron chi connectivity index (χ2n) is 3.72. The Labute approximate surface area is 81.4 Å². The highest BCUT2D eigenvalue weighted by molar-refractivity contribution is 5.81. The lowest BCUT2D eigenvalue weighted by molar-refractivity contribution is -0.331. The van der Waals surface area contributed by atoms with Gasteiger partial charge in [0.15, 0.2) is 0 Å². The van der Waals surface area contributed by atoms with Crippen molar-refractivity contribution in [1.29, 1.82) is 0 Å². The maximum absolute atomic E-state index is 11.1. The van der Waals surface area contributed by atoms with Gasteiger partial charge >= 0.3 is 11.9 Å². The molecule has 1 radical (unpaired) electrons. The van der Waals surface area contributed by atoms with E-state index in [1.54, 1.807) is 20.8 Å². The third kappa shape index (κ3) is 5.50. The van der Waals surface area contributed by atoms with E-state index >= 15 is 0 Å². The molecule has 1 atom stereocenters. The zero-order chi connectivity index (χ0) is 11.4. The molecule has 0 aliphatic heterocycles. The predicted octanol–water partition coefficient (Wildman–Crippen LogP) is 0.533. The van der Waals surface area contributed by atoms with Crippen LogP contribution in [0.3, 0.4) is 0 Å². The lowest BCUT2D eigenvalue weighted by atomic mass is 10.2. The molecule has 0 amide bonds. The highest BCUT2D eigenvalue weighted by Crippen LogP contribution is 2.11. The van der Waals surface area contributed by atoms with Crippen LogP contribution < -0.4 is 0 Å². The van der Waals surface area contributed by atoms with Crippen molar-refractivity contribution in [2.45, 2.75) is 38.9 Å². The Morgan fingerprint density at radius 3 is 2.14 bits per heavy atom. The van der Waals surface area contributed by atoms with Crippen LogP contribution in [-0.2, 0) is 24.5 Å². The van der Waals surface area contributed by atoms with Crippen molar-refractivity contribution >= 4 is 11.9 Å². The average molecular weight is 205 g/mol. The Morgan fingerprint density at radius 1 is 1.36 bits per heavy atom. The number of hydrogen-bond donors (Lipinski definition) is 1. The third-order valence-electron chi connectivity index (χ3n) is 1.15. The average Bonchev–Trinajstić information content (AvgIpc) is 1.96. The molecule has 1 unspecified atom stereocenters. The number of carbonyl (C=O) groups excluding carboxylic acids is 1. The molecule has 0 aromatic rings. The minimum atomic E-state index is -1.59. The van der Waals surface area contributed by atoms with E-state index < -0.39 is 30.1 Å². The first-order valence-electron chi connectivity index (χ1n) is 3.99. The van der Waals surface area contributed by atoms with Gasteiger partial charge in [-0.05, 0) is 26.0 Å². The van der Waals surface area contributed by atoms with E-state index in [9.17, 15) is 14.8 Å². The summed E-state index contributed by atoms with van der Waals surface area (Å²) in [6.07, 6.45) is -2.29. The van der Waals surface area contributed by atoms with Gasteiger partial charge in [0.2, 0.25) is 6.10 Å². The van der Waals surface area contributed by atoms with Crippen molar-refractivity contribution < 1.29 is 29.6 Å². The fourth-order valence-corrected chi connectivity index (χ4v) is 0.683. The molecule has 0 heterocycles. The molecular formula is C8H13O6. The van der Waals surface area contributed by atoms with E-state index in [-0.39, 0.29) is 0 Å². The summed E-state index contributed by atoms with van der Waals surface area (Å²) in [6, 6.07) is 0. The highest BCUT2D eigenvalue weighted by atomic mass is 17.1. The van der Waals surface area contributed by atoms with E-state index in [1.165, 1.54) is 0 Å². The van der Waals surface area contributed by atoms with Gasteiger partial charge in [-0.2, -0.15) is 4.89 Å². The zero-order valence-corrected chi connectivity index (χ0v) is 8.27. The summed E-state index contributed by atoms with van der Waals surface area (Å²) in [7, 11) is 0. The monoisotopic (exact) mass is 205 g/mol. The van der Waals surface area contributed by atoms with E-state index in [0.717, 1.165) is 0 Å². The van der Waals surface area contributed by atoms with Gasteiger partial charge < -0.3 is 9.84 Å². The normalized spacial score (nSPS) is 13.4. The molecule has 0 saturated carbocycles. The Kier molecular flexibility index (Phi) is 4.52. The van der Waals surface area contributed by atoms with E-state index in [0.29, 0.717) is 0 Å². The quantitative estimate of drug-likeness (QED) is 0.410. The summed E-state index contributed by atoms with van der Waals surface area (Å²) in [4.78, 5) is 24.8. The van der Waals surface area contributed by atoms with Gasteiger partial charge in [-0.25, -0.2) is 4.79 Å². The molecule has 14 heavy (non-hydrogen) atoms. The number of esters is 1. The molecule has 0 spiro atoms. The van der Waals surface area contributed by atoms with Crippen molar-refractivity contribution in [3.8, 4) is 0 Å². The van der Waals surface area contributed by atoms with Crippen molar-refractivity contribution in [3.05, 3.63) is 0 Å². The van der Waals surface area contributed by atoms with Gasteiger partial charge in [0.05, 0.1) is 6.42 Å². The van der Waals surface area contributed by atoms with Crippen LogP contribution in [0.15, 0.2) is 0 Å². The second kappa shape index (κ2) is 4.92. The first-order valence-corrected chi connectivity index (χ1v) is 3.99. The largest absolute Gasteiger partial charge is 0.481 e. The molecule has 0 aliphatic rings. The third-order valence-corrected chi connectivity index (χ3v) is 1.15. The molecule has 81 valence electrons. The minimum absolute atomic E-state index is 0.696. The fraction of sp³-hybridized carbons (Fsp3) is 0.750. The van der Waals surface area contributed by atoms with Gasteiger partial charge in [0, 0.05) is 0 Å². The number of carboxylic acid groups (broad SMARTS) is 1. The maximum Gasteiger partial charge on any atom is 0.339 e. The van der Waals surface area contributed by atoms with Gasteiger partial charge in [-0.1, -0.05) is 0 Å². The van der Waals surface area contributed by atoms with Gasteiger partial charge in [-0.3, -0.25) is 4.79 Å². The number of aliphatic carboxylic acids is 1. The van der Waals surface area contributed by atoms with Crippen LogP contribution in [0.1, 0.15) is 27.2 Å². The van der Waals surface area contributed by atoms with Crippen LogP contribution in [-0.4, -0.2) is 28.8 Å². The molecule has 0 saturated heterocycles. The van der Waals surface area contributed by atoms with Crippen LogP contribution in [0, 0.1) is 0 Å². The topological polar surface area (TPSA) is 92.7 Å². The number of ether oxygens (including phenoxy) is 1. The molecule has 6 heteroatoms. The maximum atomic E-state index is 11.1. The second-order valence-corrected chi connectivity index (χ2v) is 3.72. The lowest BCUT2D eigenvalue weighted by Crippen LogP contribution is -2.34. The number of rotatable bonds is 4. The van der Waals surface area contributed by atoms with Crippen LogP contribution in [0.4, 0.5) is 0 Å². The van der Waals surface area contributed by atoms with Crippen LogP contribution >= 0.6 is 0 Å². The van der Waals surface area contributed by atoms with Crippen LogP contribution in [0.2, 0.25) is 0 Å².